The van der Waals surface area contributed by atoms with E-state index in [2.05, 4.69) is 20.9 Å². The molecule has 68 valence electrons. The summed E-state index contributed by atoms with van der Waals surface area (Å²) in [4.78, 5) is 13.4. The van der Waals surface area contributed by atoms with Crippen LogP contribution in [0.25, 0.3) is 11.1 Å². The quantitative estimate of drug-likeness (QED) is 0.833. The first-order valence-electron chi connectivity index (χ1n) is 3.57. The molecule has 0 aliphatic rings. The number of aromatic nitrogens is 1. The molecule has 0 saturated carbocycles. The predicted molar refractivity (Wildman–Crippen MR) is 51.1 cm³/mol. The second-order valence-corrected chi connectivity index (χ2v) is 3.41. The Morgan fingerprint density at radius 2 is 2.31 bits per heavy atom. The highest BCUT2D eigenvalue weighted by atomic mass is 79.9. The number of fused-ring (bicyclic) bond motifs is 1. The van der Waals surface area contributed by atoms with E-state index >= 15 is 0 Å². The molecule has 0 unspecified atom stereocenters. The SMILES string of the molecule is COc1cc(Br)cc2[nH]c(=O)oc12. The van der Waals surface area contributed by atoms with Crippen LogP contribution in [0, 0.1) is 0 Å². The summed E-state index contributed by atoms with van der Waals surface area (Å²) in [5.74, 6) is 0.0501. The zero-order chi connectivity index (χ0) is 9.42. The van der Waals surface area contributed by atoms with Crippen LogP contribution in [0.1, 0.15) is 0 Å². The van der Waals surface area contributed by atoms with E-state index in [1.165, 1.54) is 7.11 Å². The number of ether oxygens (including phenoxy) is 1. The third kappa shape index (κ3) is 1.35. The van der Waals surface area contributed by atoms with Crippen LogP contribution in [0.15, 0.2) is 25.8 Å². The zero-order valence-electron chi connectivity index (χ0n) is 6.76. The number of halogens is 1. The number of hydrogen-bond donors (Lipinski definition) is 1. The molecule has 0 bridgehead atoms. The van der Waals surface area contributed by atoms with Crippen LogP contribution in [-0.2, 0) is 0 Å². The Morgan fingerprint density at radius 1 is 1.54 bits per heavy atom. The monoisotopic (exact) mass is 243 g/mol. The smallest absolute Gasteiger partial charge is 0.417 e. The topological polar surface area (TPSA) is 55.2 Å². The van der Waals surface area contributed by atoms with E-state index in [4.69, 9.17) is 9.15 Å². The lowest BCUT2D eigenvalue weighted by Crippen LogP contribution is -1.92. The number of aromatic amines is 1. The van der Waals surface area contributed by atoms with E-state index in [-0.39, 0.29) is 0 Å². The van der Waals surface area contributed by atoms with Crippen LogP contribution >= 0.6 is 15.9 Å². The fourth-order valence-electron chi connectivity index (χ4n) is 1.15. The van der Waals surface area contributed by atoms with Crippen molar-refractivity contribution < 1.29 is 9.15 Å². The Labute approximate surface area is 81.6 Å². The highest BCUT2D eigenvalue weighted by Gasteiger charge is 2.08. The summed E-state index contributed by atoms with van der Waals surface area (Å²) >= 11 is 3.29. The molecule has 4 nitrogen and oxygen atoms in total. The fourth-order valence-corrected chi connectivity index (χ4v) is 1.58. The van der Waals surface area contributed by atoms with Gasteiger partial charge < -0.3 is 9.15 Å². The molecular formula is C8H6BrNO3. The molecule has 1 aromatic carbocycles. The van der Waals surface area contributed by atoms with Crippen molar-refractivity contribution in [3.05, 3.63) is 27.2 Å². The van der Waals surface area contributed by atoms with E-state index in [0.29, 0.717) is 16.8 Å². The molecule has 0 fully saturated rings. The molecule has 0 saturated heterocycles. The average Bonchev–Trinajstić information content (AvgIpc) is 2.43. The molecule has 0 radical (unpaired) electrons. The van der Waals surface area contributed by atoms with E-state index in [1.807, 2.05) is 0 Å². The molecular weight excluding hydrogens is 238 g/mol. The third-order valence-electron chi connectivity index (χ3n) is 1.67. The predicted octanol–water partition coefficient (Wildman–Crippen LogP) is 1.89. The standard InChI is InChI=1S/C8H6BrNO3/c1-12-6-3-4(9)2-5-7(6)13-8(11)10-5/h2-3H,1H3,(H,10,11). The summed E-state index contributed by atoms with van der Waals surface area (Å²) in [6.07, 6.45) is 0. The minimum atomic E-state index is -0.480. The first-order valence-corrected chi connectivity index (χ1v) is 4.36. The van der Waals surface area contributed by atoms with Gasteiger partial charge in [-0.2, -0.15) is 0 Å². The molecule has 1 N–H and O–H groups in total. The number of nitrogens with one attached hydrogen (secondary N) is 1. The molecule has 1 heterocycles. The van der Waals surface area contributed by atoms with Gasteiger partial charge in [-0.15, -0.1) is 0 Å². The maximum absolute atomic E-state index is 10.9. The fraction of sp³-hybridized carbons (Fsp3) is 0.125. The van der Waals surface area contributed by atoms with Gasteiger partial charge in [-0.05, 0) is 12.1 Å². The Kier molecular flexibility index (Phi) is 1.88. The van der Waals surface area contributed by atoms with Gasteiger partial charge in [0, 0.05) is 4.47 Å². The van der Waals surface area contributed by atoms with Gasteiger partial charge >= 0.3 is 5.76 Å². The minimum Gasteiger partial charge on any atom is -0.493 e. The van der Waals surface area contributed by atoms with Gasteiger partial charge in [0.05, 0.1) is 12.6 Å². The molecule has 0 amide bonds. The molecule has 1 aromatic heterocycles. The Bertz CT molecular complexity index is 500. The van der Waals surface area contributed by atoms with Gasteiger partial charge in [-0.1, -0.05) is 15.9 Å². The van der Waals surface area contributed by atoms with Crippen molar-refractivity contribution in [1.82, 2.24) is 4.98 Å². The van der Waals surface area contributed by atoms with Crippen LogP contribution in [0.2, 0.25) is 0 Å². The van der Waals surface area contributed by atoms with Crippen LogP contribution < -0.4 is 10.5 Å². The number of oxazole rings is 1. The largest absolute Gasteiger partial charge is 0.493 e. The summed E-state index contributed by atoms with van der Waals surface area (Å²) in [6, 6.07) is 3.49. The first-order chi connectivity index (χ1) is 6.20. The lowest BCUT2D eigenvalue weighted by atomic mass is 10.3. The summed E-state index contributed by atoms with van der Waals surface area (Å²) in [5, 5.41) is 0. The first kappa shape index (κ1) is 8.37. The number of hydrogen-bond acceptors (Lipinski definition) is 3. The van der Waals surface area contributed by atoms with Crippen molar-refractivity contribution in [2.45, 2.75) is 0 Å². The molecule has 0 aliphatic heterocycles. The van der Waals surface area contributed by atoms with Gasteiger partial charge in [0.15, 0.2) is 11.3 Å². The van der Waals surface area contributed by atoms with E-state index in [9.17, 15) is 4.79 Å². The van der Waals surface area contributed by atoms with Gasteiger partial charge in [0.2, 0.25) is 0 Å². The van der Waals surface area contributed by atoms with Gasteiger partial charge in [0.25, 0.3) is 0 Å². The van der Waals surface area contributed by atoms with Crippen molar-refractivity contribution in [3.63, 3.8) is 0 Å². The highest BCUT2D eigenvalue weighted by molar-refractivity contribution is 9.10. The van der Waals surface area contributed by atoms with Gasteiger partial charge in [-0.25, -0.2) is 4.79 Å². The molecule has 2 rings (SSSR count). The van der Waals surface area contributed by atoms with Crippen molar-refractivity contribution >= 4 is 27.0 Å². The van der Waals surface area contributed by atoms with E-state index < -0.39 is 5.76 Å². The van der Waals surface area contributed by atoms with E-state index in [0.717, 1.165) is 4.47 Å². The second kappa shape index (κ2) is 2.92. The number of benzene rings is 1. The van der Waals surface area contributed by atoms with Crippen LogP contribution in [0.3, 0.4) is 0 Å². The van der Waals surface area contributed by atoms with E-state index in [1.54, 1.807) is 12.1 Å². The van der Waals surface area contributed by atoms with Crippen molar-refractivity contribution in [2.75, 3.05) is 7.11 Å². The molecule has 0 atom stereocenters. The van der Waals surface area contributed by atoms with Crippen molar-refractivity contribution in [1.29, 1.82) is 0 Å². The lowest BCUT2D eigenvalue weighted by molar-refractivity contribution is 0.407. The Balaban J connectivity index is 2.88. The Morgan fingerprint density at radius 3 is 3.00 bits per heavy atom. The highest BCUT2D eigenvalue weighted by Crippen LogP contribution is 2.27. The normalized spacial score (nSPS) is 10.6. The minimum absolute atomic E-state index is 0.440. The second-order valence-electron chi connectivity index (χ2n) is 2.50. The molecule has 5 heteroatoms. The molecule has 0 spiro atoms. The number of H-pyrrole nitrogens is 1. The molecule has 0 aliphatic carbocycles. The molecule has 13 heavy (non-hydrogen) atoms. The maximum atomic E-state index is 10.9. The molecule has 2 aromatic rings. The third-order valence-corrected chi connectivity index (χ3v) is 2.13. The van der Waals surface area contributed by atoms with Gasteiger partial charge in [0.1, 0.15) is 0 Å². The van der Waals surface area contributed by atoms with Crippen LogP contribution in [0.4, 0.5) is 0 Å². The summed E-state index contributed by atoms with van der Waals surface area (Å²) in [5.41, 5.74) is 1.06. The van der Waals surface area contributed by atoms with Crippen LogP contribution in [-0.4, -0.2) is 12.1 Å². The number of methoxy groups -OCH3 is 1. The number of rotatable bonds is 1. The van der Waals surface area contributed by atoms with Crippen molar-refractivity contribution in [3.8, 4) is 5.75 Å². The van der Waals surface area contributed by atoms with Gasteiger partial charge in [-0.3, -0.25) is 4.98 Å². The van der Waals surface area contributed by atoms with Crippen molar-refractivity contribution in [2.24, 2.45) is 0 Å². The summed E-state index contributed by atoms with van der Waals surface area (Å²) < 4.78 is 10.8. The maximum Gasteiger partial charge on any atom is 0.417 e. The average molecular weight is 244 g/mol. The lowest BCUT2D eigenvalue weighted by Gasteiger charge is -1.99. The van der Waals surface area contributed by atoms with Crippen LogP contribution in [0.5, 0.6) is 5.75 Å². The summed E-state index contributed by atoms with van der Waals surface area (Å²) in [6.45, 7) is 0. The Hall–Kier alpha value is -1.23. The summed E-state index contributed by atoms with van der Waals surface area (Å²) in [7, 11) is 1.52. The zero-order valence-corrected chi connectivity index (χ0v) is 8.34.